The van der Waals surface area contributed by atoms with Gasteiger partial charge in [0.2, 0.25) is 0 Å². The van der Waals surface area contributed by atoms with Crippen molar-refractivity contribution in [1.29, 1.82) is 0 Å². The van der Waals surface area contributed by atoms with Crippen molar-refractivity contribution in [3.63, 3.8) is 0 Å². The number of furan rings is 1. The molecule has 0 N–H and O–H groups in total. The Bertz CT molecular complexity index is 753. The maximum Gasteiger partial charge on any atom is 0.116 e. The Labute approximate surface area is 129 Å². The molecule has 0 aliphatic heterocycles. The molecule has 2 nitrogen and oxygen atoms in total. The van der Waals surface area contributed by atoms with Crippen LogP contribution in [0.1, 0.15) is 35.3 Å². The Hall–Kier alpha value is -1.87. The summed E-state index contributed by atoms with van der Waals surface area (Å²) in [5.41, 5.74) is 2.03. The highest BCUT2D eigenvalue weighted by Gasteiger charge is 2.31. The number of nitrogens with zero attached hydrogens (tertiary/aromatic N) is 1. The second-order valence-corrected chi connectivity index (χ2v) is 7.03. The van der Waals surface area contributed by atoms with E-state index in [9.17, 15) is 0 Å². The molecule has 108 valence electrons. The van der Waals surface area contributed by atoms with Crippen molar-refractivity contribution in [3.8, 4) is 11.3 Å². The van der Waals surface area contributed by atoms with E-state index in [0.29, 0.717) is 0 Å². The van der Waals surface area contributed by atoms with Crippen LogP contribution in [-0.2, 0) is 5.41 Å². The number of aryl methyl sites for hydroxylation is 2. The molecule has 0 aliphatic rings. The van der Waals surface area contributed by atoms with Crippen LogP contribution in [0.2, 0.25) is 0 Å². The molecule has 3 aromatic rings. The fourth-order valence-electron chi connectivity index (χ4n) is 2.40. The Balaban J connectivity index is 2.05. The number of hydrogen-bond acceptors (Lipinski definition) is 3. The molecule has 0 amide bonds. The van der Waals surface area contributed by atoms with Crippen LogP contribution >= 0.6 is 11.3 Å². The SMILES string of the molecule is Cc1ccc(C(C)(C)c2nc(-c3ccccc3)c(C)s2)o1. The van der Waals surface area contributed by atoms with Gasteiger partial charge in [0, 0.05) is 10.4 Å². The van der Waals surface area contributed by atoms with E-state index in [1.807, 2.05) is 25.1 Å². The molecule has 0 spiro atoms. The molecule has 2 aromatic heterocycles. The minimum absolute atomic E-state index is 0.212. The number of rotatable bonds is 3. The Morgan fingerprint density at radius 3 is 2.33 bits per heavy atom. The molecule has 0 fully saturated rings. The summed E-state index contributed by atoms with van der Waals surface area (Å²) in [6, 6.07) is 14.4. The number of thiazole rings is 1. The van der Waals surface area contributed by atoms with Crippen LogP contribution < -0.4 is 0 Å². The Morgan fingerprint density at radius 1 is 1.00 bits per heavy atom. The van der Waals surface area contributed by atoms with Crippen LogP contribution in [0.3, 0.4) is 0 Å². The van der Waals surface area contributed by atoms with Gasteiger partial charge in [-0.25, -0.2) is 4.98 Å². The van der Waals surface area contributed by atoms with Crippen molar-refractivity contribution in [2.45, 2.75) is 33.1 Å². The fourth-order valence-corrected chi connectivity index (χ4v) is 3.45. The topological polar surface area (TPSA) is 26.0 Å². The first-order valence-electron chi connectivity index (χ1n) is 7.09. The van der Waals surface area contributed by atoms with Crippen molar-refractivity contribution in [2.24, 2.45) is 0 Å². The van der Waals surface area contributed by atoms with E-state index in [4.69, 9.17) is 9.40 Å². The van der Waals surface area contributed by atoms with Crippen molar-refractivity contribution < 1.29 is 4.42 Å². The van der Waals surface area contributed by atoms with Gasteiger partial charge < -0.3 is 4.42 Å². The minimum Gasteiger partial charge on any atom is -0.465 e. The molecule has 0 unspecified atom stereocenters. The first-order valence-corrected chi connectivity index (χ1v) is 7.90. The van der Waals surface area contributed by atoms with Crippen LogP contribution in [0.5, 0.6) is 0 Å². The summed E-state index contributed by atoms with van der Waals surface area (Å²) >= 11 is 1.75. The molecule has 1 aromatic carbocycles. The lowest BCUT2D eigenvalue weighted by molar-refractivity contribution is 0.413. The maximum atomic E-state index is 5.82. The van der Waals surface area contributed by atoms with Crippen LogP contribution in [0.25, 0.3) is 11.3 Å². The summed E-state index contributed by atoms with van der Waals surface area (Å²) < 4.78 is 5.82. The second kappa shape index (κ2) is 5.15. The minimum atomic E-state index is -0.212. The summed E-state index contributed by atoms with van der Waals surface area (Å²) in [7, 11) is 0. The number of aromatic nitrogens is 1. The van der Waals surface area contributed by atoms with E-state index >= 15 is 0 Å². The standard InChI is InChI=1S/C18H19NOS/c1-12-10-11-15(20-12)18(3,4)17-19-16(13(2)21-17)14-8-6-5-7-9-14/h5-11H,1-4H3. The van der Waals surface area contributed by atoms with E-state index < -0.39 is 0 Å². The van der Waals surface area contributed by atoms with E-state index in [-0.39, 0.29) is 5.41 Å². The van der Waals surface area contributed by atoms with Crippen LogP contribution in [-0.4, -0.2) is 4.98 Å². The Morgan fingerprint density at radius 2 is 1.71 bits per heavy atom. The third-order valence-electron chi connectivity index (χ3n) is 3.73. The summed E-state index contributed by atoms with van der Waals surface area (Å²) in [6.07, 6.45) is 0. The summed E-state index contributed by atoms with van der Waals surface area (Å²) in [5, 5.41) is 1.09. The highest BCUT2D eigenvalue weighted by molar-refractivity contribution is 7.12. The maximum absolute atomic E-state index is 5.82. The van der Waals surface area contributed by atoms with Gasteiger partial charge in [-0.2, -0.15) is 0 Å². The van der Waals surface area contributed by atoms with Crippen molar-refractivity contribution >= 4 is 11.3 Å². The second-order valence-electron chi connectivity index (χ2n) is 5.83. The third kappa shape index (κ3) is 2.54. The molecular formula is C18H19NOS. The van der Waals surface area contributed by atoms with Gasteiger partial charge >= 0.3 is 0 Å². The molecule has 0 radical (unpaired) electrons. The molecule has 3 heteroatoms. The van der Waals surface area contributed by atoms with Crippen LogP contribution in [0, 0.1) is 13.8 Å². The smallest absolute Gasteiger partial charge is 0.116 e. The van der Waals surface area contributed by atoms with Crippen molar-refractivity contribution in [3.05, 3.63) is 63.9 Å². The molecular weight excluding hydrogens is 278 g/mol. The predicted octanol–water partition coefficient (Wildman–Crippen LogP) is 5.35. The quantitative estimate of drug-likeness (QED) is 0.651. The highest BCUT2D eigenvalue weighted by Crippen LogP contribution is 2.38. The zero-order valence-electron chi connectivity index (χ0n) is 12.8. The van der Waals surface area contributed by atoms with E-state index in [2.05, 4.69) is 45.0 Å². The largest absolute Gasteiger partial charge is 0.465 e. The highest BCUT2D eigenvalue weighted by atomic mass is 32.1. The van der Waals surface area contributed by atoms with Crippen molar-refractivity contribution in [1.82, 2.24) is 4.98 Å². The summed E-state index contributed by atoms with van der Waals surface area (Å²) in [6.45, 7) is 8.44. The summed E-state index contributed by atoms with van der Waals surface area (Å²) in [4.78, 5) is 6.14. The lowest BCUT2D eigenvalue weighted by atomic mass is 9.91. The lowest BCUT2D eigenvalue weighted by Gasteiger charge is -2.18. The van der Waals surface area contributed by atoms with Gasteiger partial charge in [0.05, 0.1) is 11.1 Å². The predicted molar refractivity (Wildman–Crippen MR) is 87.9 cm³/mol. The Kier molecular flexibility index (Phi) is 3.46. The molecule has 0 saturated carbocycles. The first kappa shape index (κ1) is 14.1. The van der Waals surface area contributed by atoms with E-state index in [0.717, 1.165) is 22.2 Å². The molecule has 21 heavy (non-hydrogen) atoms. The van der Waals surface area contributed by atoms with Crippen LogP contribution in [0.4, 0.5) is 0 Å². The molecule has 2 heterocycles. The number of benzene rings is 1. The van der Waals surface area contributed by atoms with Gasteiger partial charge in [-0.1, -0.05) is 30.3 Å². The monoisotopic (exact) mass is 297 g/mol. The normalized spacial score (nSPS) is 11.8. The molecule has 0 atom stereocenters. The number of hydrogen-bond donors (Lipinski definition) is 0. The average Bonchev–Trinajstić information content (AvgIpc) is 3.07. The van der Waals surface area contributed by atoms with Gasteiger partial charge in [-0.3, -0.25) is 0 Å². The van der Waals surface area contributed by atoms with Gasteiger partial charge in [0.15, 0.2) is 0 Å². The molecule has 0 saturated heterocycles. The molecule has 0 bridgehead atoms. The van der Waals surface area contributed by atoms with Gasteiger partial charge in [0.1, 0.15) is 16.5 Å². The zero-order valence-corrected chi connectivity index (χ0v) is 13.6. The van der Waals surface area contributed by atoms with Gasteiger partial charge in [-0.05, 0) is 39.8 Å². The summed E-state index contributed by atoms with van der Waals surface area (Å²) in [5.74, 6) is 1.91. The molecule has 0 aliphatic carbocycles. The van der Waals surface area contributed by atoms with Gasteiger partial charge in [0.25, 0.3) is 0 Å². The van der Waals surface area contributed by atoms with Crippen molar-refractivity contribution in [2.75, 3.05) is 0 Å². The van der Waals surface area contributed by atoms with Gasteiger partial charge in [-0.15, -0.1) is 11.3 Å². The third-order valence-corrected chi connectivity index (χ3v) is 5.03. The average molecular weight is 297 g/mol. The van der Waals surface area contributed by atoms with E-state index in [1.54, 1.807) is 11.3 Å². The van der Waals surface area contributed by atoms with E-state index in [1.165, 1.54) is 10.4 Å². The lowest BCUT2D eigenvalue weighted by Crippen LogP contribution is -2.17. The first-order chi connectivity index (χ1) is 9.98. The van der Waals surface area contributed by atoms with Crippen LogP contribution in [0.15, 0.2) is 46.9 Å². The fraction of sp³-hybridized carbons (Fsp3) is 0.278. The molecule has 3 rings (SSSR count). The zero-order chi connectivity index (χ0) is 15.0.